The first-order valence-corrected chi connectivity index (χ1v) is 8.22. The van der Waals surface area contributed by atoms with Crippen molar-refractivity contribution in [3.05, 3.63) is 72.1 Å². The number of hydrogen-bond donors (Lipinski definition) is 0. The first-order valence-electron chi connectivity index (χ1n) is 8.22. The first kappa shape index (κ1) is 11.4. The second-order valence-electron chi connectivity index (χ2n) is 7.00. The Morgan fingerprint density at radius 1 is 0.591 bits per heavy atom. The highest BCUT2D eigenvalue weighted by Gasteiger charge is 2.52. The molecule has 22 heavy (non-hydrogen) atoms. The van der Waals surface area contributed by atoms with Crippen LogP contribution in [0, 0.1) is 23.7 Å². The predicted octanol–water partition coefficient (Wildman–Crippen LogP) is 3.98. The Bertz CT molecular complexity index is 807. The molecule has 0 saturated heterocycles. The molecule has 0 fully saturated rings. The Morgan fingerprint density at radius 2 is 1.05 bits per heavy atom. The second kappa shape index (κ2) is 3.75. The molecule has 0 saturated carbocycles. The van der Waals surface area contributed by atoms with Crippen molar-refractivity contribution in [2.75, 3.05) is 0 Å². The van der Waals surface area contributed by atoms with E-state index in [2.05, 4.69) is 60.7 Å². The van der Waals surface area contributed by atoms with Crippen molar-refractivity contribution in [2.45, 2.75) is 11.8 Å². The van der Waals surface area contributed by atoms with Crippen LogP contribution in [0.25, 0.3) is 11.0 Å². The normalized spacial score (nSPS) is 39.3. The number of hydrogen-bond acceptors (Lipinski definition) is 2. The molecular weight excluding hydrogens is 268 g/mol. The van der Waals surface area contributed by atoms with Crippen LogP contribution in [0.15, 0.2) is 60.7 Å². The van der Waals surface area contributed by atoms with Crippen LogP contribution in [0.3, 0.4) is 0 Å². The molecule has 2 nitrogen and oxygen atoms in total. The predicted molar refractivity (Wildman–Crippen MR) is 86.4 cm³/mol. The quantitative estimate of drug-likeness (QED) is 0.684. The van der Waals surface area contributed by atoms with E-state index in [4.69, 9.17) is 9.97 Å². The van der Waals surface area contributed by atoms with Gasteiger partial charge in [-0.1, -0.05) is 48.6 Å². The van der Waals surface area contributed by atoms with Gasteiger partial charge in [0, 0.05) is 11.8 Å². The number of para-hydroxylation sites is 2. The van der Waals surface area contributed by atoms with Gasteiger partial charge in [0.25, 0.3) is 0 Å². The van der Waals surface area contributed by atoms with Gasteiger partial charge in [-0.3, -0.25) is 0 Å². The third kappa shape index (κ3) is 1.23. The van der Waals surface area contributed by atoms with E-state index in [0.717, 1.165) is 11.0 Å². The maximum Gasteiger partial charge on any atom is 0.0890 e. The fourth-order valence-electron chi connectivity index (χ4n) is 5.19. The topological polar surface area (TPSA) is 25.8 Å². The molecule has 0 radical (unpaired) electrons. The number of nitrogens with zero attached hydrogens (tertiary/aromatic N) is 2. The van der Waals surface area contributed by atoms with Gasteiger partial charge >= 0.3 is 0 Å². The third-order valence-corrected chi connectivity index (χ3v) is 6.06. The van der Waals surface area contributed by atoms with Crippen molar-refractivity contribution in [3.8, 4) is 0 Å². The Labute approximate surface area is 129 Å². The van der Waals surface area contributed by atoms with Crippen LogP contribution in [0.4, 0.5) is 0 Å². The van der Waals surface area contributed by atoms with Crippen molar-refractivity contribution < 1.29 is 0 Å². The highest BCUT2D eigenvalue weighted by atomic mass is 14.9. The molecule has 4 atom stereocenters. The standard InChI is InChI=1S/C20H16N2/c1-2-4-16-15(3-1)21-19-13-9-10-14(20(19)22-16)18-12-7-5-11(6-8-12)17(13)18/h1-14,17-18H. The average molecular weight is 284 g/mol. The zero-order valence-corrected chi connectivity index (χ0v) is 12.1. The zero-order valence-electron chi connectivity index (χ0n) is 12.1. The molecule has 106 valence electrons. The summed E-state index contributed by atoms with van der Waals surface area (Å²) >= 11 is 0. The Kier molecular flexibility index (Phi) is 1.94. The van der Waals surface area contributed by atoms with E-state index in [1.807, 2.05) is 0 Å². The molecule has 6 aliphatic carbocycles. The SMILES string of the molecule is C1=CC2C=CC1C1C3C=CC(c4nc5ccccc5nc43)C21. The van der Waals surface area contributed by atoms with Gasteiger partial charge in [0.1, 0.15) is 0 Å². The van der Waals surface area contributed by atoms with Gasteiger partial charge < -0.3 is 0 Å². The second-order valence-corrected chi connectivity index (χ2v) is 7.00. The number of fused-ring (bicyclic) bond motifs is 1. The van der Waals surface area contributed by atoms with E-state index in [1.54, 1.807) is 0 Å². The van der Waals surface area contributed by atoms with Gasteiger partial charge in [0.15, 0.2) is 0 Å². The van der Waals surface area contributed by atoms with Crippen LogP contribution in [0.2, 0.25) is 0 Å². The molecule has 0 amide bonds. The smallest absolute Gasteiger partial charge is 0.0890 e. The zero-order chi connectivity index (χ0) is 14.3. The van der Waals surface area contributed by atoms with Crippen molar-refractivity contribution in [1.29, 1.82) is 0 Å². The highest BCUT2D eigenvalue weighted by molar-refractivity contribution is 5.75. The van der Waals surface area contributed by atoms with Gasteiger partial charge in [0.05, 0.1) is 22.4 Å². The summed E-state index contributed by atoms with van der Waals surface area (Å²) in [6, 6.07) is 8.27. The Balaban J connectivity index is 1.63. The van der Waals surface area contributed by atoms with Crippen molar-refractivity contribution in [3.63, 3.8) is 0 Å². The molecule has 2 aromatic rings. The molecule has 2 heteroatoms. The van der Waals surface area contributed by atoms with E-state index in [1.165, 1.54) is 11.4 Å². The summed E-state index contributed by atoms with van der Waals surface area (Å²) in [5.41, 5.74) is 4.54. The fraction of sp³-hybridized carbons (Fsp3) is 0.300. The molecule has 0 aliphatic heterocycles. The summed E-state index contributed by atoms with van der Waals surface area (Å²) in [7, 11) is 0. The van der Waals surface area contributed by atoms with E-state index < -0.39 is 0 Å². The van der Waals surface area contributed by atoms with Crippen LogP contribution in [0.1, 0.15) is 23.2 Å². The summed E-state index contributed by atoms with van der Waals surface area (Å²) in [5.74, 6) is 3.38. The van der Waals surface area contributed by atoms with E-state index >= 15 is 0 Å². The summed E-state index contributed by atoms with van der Waals surface area (Å²) < 4.78 is 0. The molecule has 6 aliphatic rings. The minimum atomic E-state index is 0.435. The molecule has 1 aromatic heterocycles. The van der Waals surface area contributed by atoms with Gasteiger partial charge in [-0.2, -0.15) is 0 Å². The van der Waals surface area contributed by atoms with Crippen LogP contribution in [-0.2, 0) is 0 Å². The van der Waals surface area contributed by atoms with Crippen molar-refractivity contribution in [1.82, 2.24) is 9.97 Å². The lowest BCUT2D eigenvalue weighted by Crippen LogP contribution is -2.46. The van der Waals surface area contributed by atoms with Crippen molar-refractivity contribution in [2.24, 2.45) is 23.7 Å². The maximum absolute atomic E-state index is 5.01. The minimum Gasteiger partial charge on any atom is -0.249 e. The molecule has 0 N–H and O–H groups in total. The third-order valence-electron chi connectivity index (χ3n) is 6.06. The van der Waals surface area contributed by atoms with E-state index in [9.17, 15) is 0 Å². The van der Waals surface area contributed by atoms with Crippen LogP contribution < -0.4 is 0 Å². The molecule has 4 bridgehead atoms. The molecule has 4 unspecified atom stereocenters. The monoisotopic (exact) mass is 284 g/mol. The summed E-state index contributed by atoms with van der Waals surface area (Å²) in [5, 5.41) is 0. The minimum absolute atomic E-state index is 0.435. The van der Waals surface area contributed by atoms with Crippen LogP contribution >= 0.6 is 0 Å². The molecule has 0 spiro atoms. The highest BCUT2D eigenvalue weighted by Crippen LogP contribution is 2.59. The number of allylic oxidation sites excluding steroid dienone is 6. The van der Waals surface area contributed by atoms with Crippen LogP contribution in [-0.4, -0.2) is 9.97 Å². The summed E-state index contributed by atoms with van der Waals surface area (Å²) in [6.07, 6.45) is 14.5. The maximum atomic E-state index is 5.01. The lowest BCUT2D eigenvalue weighted by Gasteiger charge is -2.53. The van der Waals surface area contributed by atoms with Gasteiger partial charge in [-0.15, -0.1) is 0 Å². The first-order chi connectivity index (χ1) is 10.9. The average Bonchev–Trinajstić information content (AvgIpc) is 2.61. The molecule has 1 heterocycles. The van der Waals surface area contributed by atoms with Gasteiger partial charge in [-0.25, -0.2) is 9.97 Å². The summed E-state index contributed by atoms with van der Waals surface area (Å²) in [6.45, 7) is 0. The molecule has 8 rings (SSSR count). The fourth-order valence-corrected chi connectivity index (χ4v) is 5.19. The Morgan fingerprint density at radius 3 is 1.50 bits per heavy atom. The largest absolute Gasteiger partial charge is 0.249 e. The number of aromatic nitrogens is 2. The lowest BCUT2D eigenvalue weighted by atomic mass is 9.51. The van der Waals surface area contributed by atoms with Crippen molar-refractivity contribution >= 4 is 11.0 Å². The van der Waals surface area contributed by atoms with Crippen LogP contribution in [0.5, 0.6) is 0 Å². The van der Waals surface area contributed by atoms with Gasteiger partial charge in [0.2, 0.25) is 0 Å². The van der Waals surface area contributed by atoms with Gasteiger partial charge in [-0.05, 0) is 35.8 Å². The number of benzene rings is 1. The lowest BCUT2D eigenvalue weighted by molar-refractivity contribution is 0.153. The Hall–Kier alpha value is -2.22. The molecule has 1 aromatic carbocycles. The van der Waals surface area contributed by atoms with E-state index in [-0.39, 0.29) is 0 Å². The number of rotatable bonds is 0. The van der Waals surface area contributed by atoms with E-state index in [0.29, 0.717) is 35.5 Å². The summed E-state index contributed by atoms with van der Waals surface area (Å²) in [4.78, 5) is 10.0. The molecular formula is C20H16N2.